The molecule has 0 fully saturated rings. The fourth-order valence-electron chi connectivity index (χ4n) is 2.26. The molecular formula is C22H20O6. The molecule has 144 valence electrons. The van der Waals surface area contributed by atoms with Crippen LogP contribution < -0.4 is 9.47 Å². The molecule has 2 N–H and O–H groups in total. The van der Waals surface area contributed by atoms with Crippen LogP contribution in [0.5, 0.6) is 23.0 Å². The summed E-state index contributed by atoms with van der Waals surface area (Å²) in [6, 6.07) is 9.34. The van der Waals surface area contributed by atoms with Gasteiger partial charge in [-0.1, -0.05) is 24.3 Å². The van der Waals surface area contributed by atoms with E-state index < -0.39 is 0 Å². The number of ether oxygens (including phenoxy) is 2. The van der Waals surface area contributed by atoms with Crippen LogP contribution in [-0.4, -0.2) is 36.0 Å². The molecule has 2 aromatic carbocycles. The lowest BCUT2D eigenvalue weighted by molar-refractivity contribution is -0.121. The maximum absolute atomic E-state index is 11.9. The Bertz CT molecular complexity index is 822. The van der Waals surface area contributed by atoms with Crippen LogP contribution in [-0.2, 0) is 9.59 Å². The molecule has 28 heavy (non-hydrogen) atoms. The number of carbonyl (C=O) groups excluding carboxylic acids is 2. The quantitative estimate of drug-likeness (QED) is 0.538. The molecular weight excluding hydrogens is 360 g/mol. The number of ketones is 2. The zero-order chi connectivity index (χ0) is 19.8. The van der Waals surface area contributed by atoms with Crippen molar-refractivity contribution in [3.05, 3.63) is 67.1 Å². The molecule has 0 atom stereocenters. The van der Waals surface area contributed by atoms with Gasteiger partial charge in [-0.3, -0.25) is 9.59 Å². The van der Waals surface area contributed by atoms with Crippen molar-refractivity contribution in [3.8, 4) is 23.0 Å². The van der Waals surface area contributed by atoms with Crippen molar-refractivity contribution in [1.29, 1.82) is 0 Å². The molecule has 0 amide bonds. The Balaban J connectivity index is 0.00000392. The minimum atomic E-state index is -0.347. The largest absolute Gasteiger partial charge is 0.504 e. The highest BCUT2D eigenvalue weighted by Gasteiger charge is 2.06. The molecule has 6 heteroatoms. The van der Waals surface area contributed by atoms with E-state index >= 15 is 0 Å². The van der Waals surface area contributed by atoms with Gasteiger partial charge in [-0.15, -0.1) is 0 Å². The molecule has 0 saturated heterocycles. The molecule has 4 radical (unpaired) electrons. The van der Waals surface area contributed by atoms with Crippen LogP contribution in [0.15, 0.2) is 48.6 Å². The van der Waals surface area contributed by atoms with Crippen molar-refractivity contribution in [2.75, 3.05) is 14.2 Å². The van der Waals surface area contributed by atoms with Crippen LogP contribution in [0.25, 0.3) is 12.2 Å². The monoisotopic (exact) mass is 380 g/mol. The zero-order valence-corrected chi connectivity index (χ0v) is 15.5. The third-order valence-electron chi connectivity index (χ3n) is 3.68. The van der Waals surface area contributed by atoms with Crippen molar-refractivity contribution < 1.29 is 29.3 Å². The molecule has 0 aliphatic heterocycles. The Morgan fingerprint density at radius 2 is 1.21 bits per heavy atom. The summed E-state index contributed by atoms with van der Waals surface area (Å²) in [6.07, 6.45) is 5.44. The highest BCUT2D eigenvalue weighted by Crippen LogP contribution is 2.27. The van der Waals surface area contributed by atoms with E-state index in [1.165, 1.54) is 38.5 Å². The first-order valence-electron chi connectivity index (χ1n) is 8.08. The minimum absolute atomic E-state index is 0. The van der Waals surface area contributed by atoms with E-state index in [2.05, 4.69) is 0 Å². The third-order valence-corrected chi connectivity index (χ3v) is 3.68. The number of aromatic hydroxyl groups is 2. The number of rotatable bonds is 8. The summed E-state index contributed by atoms with van der Waals surface area (Å²) >= 11 is 0. The van der Waals surface area contributed by atoms with Gasteiger partial charge in [0.15, 0.2) is 34.6 Å². The van der Waals surface area contributed by atoms with Crippen LogP contribution in [0.2, 0.25) is 0 Å². The first kappa shape index (κ1) is 22.5. The normalized spacial score (nSPS) is 10.6. The second kappa shape index (κ2) is 10.6. The molecule has 0 bridgehead atoms. The van der Waals surface area contributed by atoms with Crippen molar-refractivity contribution >= 4 is 23.7 Å². The summed E-state index contributed by atoms with van der Waals surface area (Å²) in [4.78, 5) is 23.9. The third kappa shape index (κ3) is 6.32. The Hall–Kier alpha value is -3.54. The van der Waals surface area contributed by atoms with Crippen LogP contribution in [0.4, 0.5) is 0 Å². The smallest absolute Gasteiger partial charge is 0.163 e. The Kier molecular flexibility index (Phi) is 8.49. The molecule has 2 aromatic rings. The van der Waals surface area contributed by atoms with Crippen molar-refractivity contribution in [3.63, 3.8) is 0 Å². The highest BCUT2D eigenvalue weighted by molar-refractivity contribution is 6.10. The summed E-state index contributed by atoms with van der Waals surface area (Å²) < 4.78 is 10.00. The molecule has 0 spiro atoms. The maximum Gasteiger partial charge on any atom is 0.163 e. The van der Waals surface area contributed by atoms with Crippen LogP contribution >= 0.6 is 0 Å². The summed E-state index contributed by atoms with van der Waals surface area (Å²) in [7, 11) is 2.87. The second-order valence-electron chi connectivity index (χ2n) is 5.64. The lowest BCUT2D eigenvalue weighted by Gasteiger charge is -2.03. The molecule has 0 aliphatic carbocycles. The van der Waals surface area contributed by atoms with E-state index in [4.69, 9.17) is 9.47 Å². The molecule has 0 unspecified atom stereocenters. The number of allylic oxidation sites excluding steroid dienone is 2. The average molecular weight is 380 g/mol. The number of phenolic OH excluding ortho intramolecular Hbond substituents is 2. The standard InChI is InChI=1S/C21H20O6.C/c1-26-20-11-14(5-9-18(20)24)3-7-16(22)13-17(23)8-4-15-6-10-19(25)21(12-15)27-2;/h3-12,24-25H,13H2,1-2H3;/b7-3+,8-4+;. The number of benzene rings is 2. The number of carbonyl (C=O) groups is 2. The predicted octanol–water partition coefficient (Wildman–Crippen LogP) is 3.45. The molecule has 0 aliphatic rings. The number of methoxy groups -OCH3 is 2. The zero-order valence-electron chi connectivity index (χ0n) is 15.5. The maximum atomic E-state index is 11.9. The Morgan fingerprint density at radius 1 is 0.821 bits per heavy atom. The Labute approximate surface area is 164 Å². The SMILES string of the molecule is COc1cc(/C=C/C(=O)CC(=O)/C=C/c2ccc(O)c(OC)c2)ccc1O.[C]. The molecule has 0 heterocycles. The number of hydrogen-bond donors (Lipinski definition) is 2. The van der Waals surface area contributed by atoms with E-state index in [0.29, 0.717) is 22.6 Å². The van der Waals surface area contributed by atoms with E-state index in [1.54, 1.807) is 36.4 Å². The average Bonchev–Trinajstić information content (AvgIpc) is 2.66. The lowest BCUT2D eigenvalue weighted by atomic mass is 10.1. The van der Waals surface area contributed by atoms with Gasteiger partial charge >= 0.3 is 0 Å². The van der Waals surface area contributed by atoms with E-state index in [1.807, 2.05) is 0 Å². The van der Waals surface area contributed by atoms with Crippen LogP contribution in [0.1, 0.15) is 17.5 Å². The van der Waals surface area contributed by atoms with Gasteiger partial charge in [0.2, 0.25) is 0 Å². The van der Waals surface area contributed by atoms with Gasteiger partial charge in [-0.2, -0.15) is 0 Å². The van der Waals surface area contributed by atoms with Gasteiger partial charge in [-0.25, -0.2) is 0 Å². The summed E-state index contributed by atoms with van der Waals surface area (Å²) in [5, 5.41) is 19.1. The fraction of sp³-hybridized carbons (Fsp3) is 0.136. The van der Waals surface area contributed by atoms with Gasteiger partial charge < -0.3 is 19.7 Å². The molecule has 0 aromatic heterocycles. The minimum Gasteiger partial charge on any atom is -0.504 e. The van der Waals surface area contributed by atoms with Crippen molar-refractivity contribution in [2.45, 2.75) is 6.42 Å². The summed E-state index contributed by atoms with van der Waals surface area (Å²) in [6.45, 7) is 0. The van der Waals surface area contributed by atoms with Crippen LogP contribution in [0, 0.1) is 7.43 Å². The van der Waals surface area contributed by atoms with E-state index in [9.17, 15) is 19.8 Å². The number of hydrogen-bond acceptors (Lipinski definition) is 6. The van der Waals surface area contributed by atoms with Gasteiger partial charge in [0.1, 0.15) is 0 Å². The van der Waals surface area contributed by atoms with Gasteiger partial charge in [-0.05, 0) is 47.5 Å². The first-order valence-corrected chi connectivity index (χ1v) is 8.08. The number of phenols is 2. The first-order chi connectivity index (χ1) is 12.9. The fourth-order valence-corrected chi connectivity index (χ4v) is 2.26. The molecule has 2 rings (SSSR count). The Morgan fingerprint density at radius 3 is 1.57 bits per heavy atom. The molecule has 6 nitrogen and oxygen atoms in total. The van der Waals surface area contributed by atoms with E-state index in [0.717, 1.165) is 0 Å². The molecule has 0 saturated carbocycles. The van der Waals surface area contributed by atoms with Gasteiger partial charge in [0, 0.05) is 7.43 Å². The highest BCUT2D eigenvalue weighted by atomic mass is 16.5. The lowest BCUT2D eigenvalue weighted by Crippen LogP contribution is -2.01. The predicted molar refractivity (Wildman–Crippen MR) is 105 cm³/mol. The second-order valence-corrected chi connectivity index (χ2v) is 5.64. The summed E-state index contributed by atoms with van der Waals surface area (Å²) in [5.41, 5.74) is 1.33. The van der Waals surface area contributed by atoms with Gasteiger partial charge in [0.05, 0.1) is 20.6 Å². The summed E-state index contributed by atoms with van der Waals surface area (Å²) in [5.74, 6) is -0.0832. The van der Waals surface area contributed by atoms with Gasteiger partial charge in [0.25, 0.3) is 0 Å². The van der Waals surface area contributed by atoms with Crippen LogP contribution in [0.3, 0.4) is 0 Å². The van der Waals surface area contributed by atoms with E-state index in [-0.39, 0.29) is 36.9 Å². The topological polar surface area (TPSA) is 93.1 Å². The van der Waals surface area contributed by atoms with Crippen molar-refractivity contribution in [2.24, 2.45) is 0 Å². The van der Waals surface area contributed by atoms with Crippen molar-refractivity contribution in [1.82, 2.24) is 0 Å².